The first kappa shape index (κ1) is 11.4. The van der Waals surface area contributed by atoms with E-state index in [-0.39, 0.29) is 5.78 Å². The summed E-state index contributed by atoms with van der Waals surface area (Å²) < 4.78 is 7.08. The Hall–Kier alpha value is -1.66. The molecule has 0 aromatic carbocycles. The molecule has 0 aliphatic rings. The molecule has 0 spiro atoms. The zero-order chi connectivity index (χ0) is 12.5. The Morgan fingerprint density at radius 2 is 2.33 bits per heavy atom. The van der Waals surface area contributed by atoms with Crippen LogP contribution in [0.25, 0.3) is 4.96 Å². The average molecular weight is 278 g/mol. The van der Waals surface area contributed by atoms with E-state index in [1.807, 2.05) is 33.6 Å². The molecular weight excluding hydrogens is 268 g/mol. The number of hydrogen-bond donors (Lipinski definition) is 0. The number of carbonyl (C=O) groups is 1. The zero-order valence-corrected chi connectivity index (χ0v) is 11.3. The Balaban J connectivity index is 1.84. The minimum atomic E-state index is 0.0487. The van der Waals surface area contributed by atoms with Crippen molar-refractivity contribution in [2.75, 3.05) is 7.11 Å². The number of hydrogen-bond acceptors (Lipinski definition) is 5. The third kappa shape index (κ3) is 1.93. The van der Waals surface area contributed by atoms with Gasteiger partial charge in [-0.15, -0.1) is 22.7 Å². The molecule has 3 aromatic heterocycles. The van der Waals surface area contributed by atoms with E-state index < -0.39 is 0 Å². The number of ether oxygens (including phenoxy) is 1. The maximum absolute atomic E-state index is 12.1. The SMILES string of the molecule is COc1ccsc1C(=O)Cc1cn2ccsc2n1. The summed E-state index contributed by atoms with van der Waals surface area (Å²) in [6, 6.07) is 1.81. The van der Waals surface area contributed by atoms with E-state index in [1.165, 1.54) is 11.3 Å². The number of Topliss-reactive ketones (excluding diaryl/α,β-unsaturated/α-hetero) is 1. The van der Waals surface area contributed by atoms with E-state index >= 15 is 0 Å². The molecule has 0 unspecified atom stereocenters. The minimum absolute atomic E-state index is 0.0487. The van der Waals surface area contributed by atoms with Gasteiger partial charge < -0.3 is 4.74 Å². The number of nitrogens with zero attached hydrogens (tertiary/aromatic N) is 2. The van der Waals surface area contributed by atoms with Crippen LogP contribution in [0.4, 0.5) is 0 Å². The van der Waals surface area contributed by atoms with E-state index in [0.717, 1.165) is 10.7 Å². The molecule has 0 bridgehead atoms. The lowest BCUT2D eigenvalue weighted by Crippen LogP contribution is -2.03. The van der Waals surface area contributed by atoms with Crippen molar-refractivity contribution in [3.05, 3.63) is 39.8 Å². The monoisotopic (exact) mass is 278 g/mol. The molecule has 0 aliphatic carbocycles. The highest BCUT2D eigenvalue weighted by atomic mass is 32.1. The van der Waals surface area contributed by atoms with Gasteiger partial charge in [-0.25, -0.2) is 4.98 Å². The van der Waals surface area contributed by atoms with E-state index in [4.69, 9.17) is 4.74 Å². The summed E-state index contributed by atoms with van der Waals surface area (Å²) in [5, 5.41) is 3.83. The summed E-state index contributed by atoms with van der Waals surface area (Å²) in [4.78, 5) is 18.1. The molecule has 0 atom stereocenters. The number of aromatic nitrogens is 2. The average Bonchev–Trinajstić information content (AvgIpc) is 3.02. The van der Waals surface area contributed by atoms with Crippen LogP contribution in [-0.4, -0.2) is 22.3 Å². The van der Waals surface area contributed by atoms with E-state index in [9.17, 15) is 4.79 Å². The summed E-state index contributed by atoms with van der Waals surface area (Å²) in [6.45, 7) is 0. The van der Waals surface area contributed by atoms with Crippen molar-refractivity contribution in [2.24, 2.45) is 0 Å². The first-order valence-electron chi connectivity index (χ1n) is 5.33. The molecule has 0 aliphatic heterocycles. The third-order valence-corrected chi connectivity index (χ3v) is 4.29. The molecule has 3 heterocycles. The van der Waals surface area contributed by atoms with Crippen LogP contribution in [0, 0.1) is 0 Å². The Kier molecular flexibility index (Phi) is 2.89. The molecular formula is C12H10N2O2S2. The van der Waals surface area contributed by atoms with Gasteiger partial charge in [0.05, 0.1) is 19.2 Å². The third-order valence-electron chi connectivity index (χ3n) is 2.59. The van der Waals surface area contributed by atoms with Gasteiger partial charge in [0.15, 0.2) is 10.7 Å². The summed E-state index contributed by atoms with van der Waals surface area (Å²) in [5.74, 6) is 0.693. The molecule has 6 heteroatoms. The molecule has 0 saturated carbocycles. The predicted octanol–water partition coefficient (Wildman–Crippen LogP) is 2.89. The number of methoxy groups -OCH3 is 1. The quantitative estimate of drug-likeness (QED) is 0.689. The Bertz CT molecular complexity index is 667. The molecule has 3 rings (SSSR count). The zero-order valence-electron chi connectivity index (χ0n) is 9.62. The second kappa shape index (κ2) is 4.55. The first-order valence-corrected chi connectivity index (χ1v) is 7.09. The van der Waals surface area contributed by atoms with E-state index in [1.54, 1.807) is 18.4 Å². The Morgan fingerprint density at radius 1 is 1.44 bits per heavy atom. The summed E-state index contributed by atoms with van der Waals surface area (Å²) >= 11 is 2.96. The maximum atomic E-state index is 12.1. The van der Waals surface area contributed by atoms with Gasteiger partial charge in [0.1, 0.15) is 10.6 Å². The van der Waals surface area contributed by atoms with Crippen molar-refractivity contribution in [3.63, 3.8) is 0 Å². The van der Waals surface area contributed by atoms with Crippen LogP contribution in [0.1, 0.15) is 15.4 Å². The second-order valence-corrected chi connectivity index (χ2v) is 5.53. The first-order chi connectivity index (χ1) is 8.78. The molecule has 4 nitrogen and oxygen atoms in total. The van der Waals surface area contributed by atoms with Crippen molar-refractivity contribution in [2.45, 2.75) is 6.42 Å². The molecule has 3 aromatic rings. The maximum Gasteiger partial charge on any atom is 0.193 e. The largest absolute Gasteiger partial charge is 0.495 e. The van der Waals surface area contributed by atoms with Crippen LogP contribution in [-0.2, 0) is 6.42 Å². The second-order valence-electron chi connectivity index (χ2n) is 3.74. The van der Waals surface area contributed by atoms with Crippen molar-refractivity contribution in [3.8, 4) is 5.75 Å². The highest BCUT2D eigenvalue weighted by molar-refractivity contribution is 7.15. The fraction of sp³-hybridized carbons (Fsp3) is 0.167. The molecule has 92 valence electrons. The Morgan fingerprint density at radius 3 is 3.11 bits per heavy atom. The fourth-order valence-electron chi connectivity index (χ4n) is 1.77. The van der Waals surface area contributed by atoms with Crippen molar-refractivity contribution in [1.82, 2.24) is 9.38 Å². The highest BCUT2D eigenvalue weighted by Crippen LogP contribution is 2.26. The van der Waals surface area contributed by atoms with Gasteiger partial charge in [-0.05, 0) is 11.4 Å². The van der Waals surface area contributed by atoms with Crippen LogP contribution in [0.15, 0.2) is 29.2 Å². The van der Waals surface area contributed by atoms with Crippen LogP contribution >= 0.6 is 22.7 Å². The van der Waals surface area contributed by atoms with Crippen molar-refractivity contribution < 1.29 is 9.53 Å². The van der Waals surface area contributed by atoms with Gasteiger partial charge >= 0.3 is 0 Å². The molecule has 0 radical (unpaired) electrons. The van der Waals surface area contributed by atoms with Crippen LogP contribution < -0.4 is 4.74 Å². The number of thiophene rings is 1. The Labute approximate surface area is 111 Å². The molecule has 0 N–H and O–H groups in total. The lowest BCUT2D eigenvalue weighted by Gasteiger charge is -1.99. The van der Waals surface area contributed by atoms with Gasteiger partial charge in [-0.1, -0.05) is 0 Å². The number of imidazole rings is 1. The van der Waals surface area contributed by atoms with Crippen LogP contribution in [0.3, 0.4) is 0 Å². The fourth-order valence-corrected chi connectivity index (χ4v) is 3.29. The smallest absolute Gasteiger partial charge is 0.193 e. The number of thiazole rings is 1. The number of carbonyl (C=O) groups excluding carboxylic acids is 1. The van der Waals surface area contributed by atoms with Crippen molar-refractivity contribution in [1.29, 1.82) is 0 Å². The lowest BCUT2D eigenvalue weighted by atomic mass is 10.2. The number of rotatable bonds is 4. The van der Waals surface area contributed by atoms with Crippen LogP contribution in [0.2, 0.25) is 0 Å². The van der Waals surface area contributed by atoms with Gasteiger partial charge in [-0.3, -0.25) is 9.20 Å². The summed E-state index contributed by atoms with van der Waals surface area (Å²) in [6.07, 6.45) is 4.14. The van der Waals surface area contributed by atoms with Crippen LogP contribution in [0.5, 0.6) is 5.75 Å². The van der Waals surface area contributed by atoms with Crippen molar-refractivity contribution >= 4 is 33.4 Å². The van der Waals surface area contributed by atoms with Gasteiger partial charge in [0, 0.05) is 17.8 Å². The molecule has 18 heavy (non-hydrogen) atoms. The molecule has 0 saturated heterocycles. The minimum Gasteiger partial charge on any atom is -0.495 e. The normalized spacial score (nSPS) is 10.9. The van der Waals surface area contributed by atoms with E-state index in [2.05, 4.69) is 4.98 Å². The lowest BCUT2D eigenvalue weighted by molar-refractivity contribution is 0.0993. The highest BCUT2D eigenvalue weighted by Gasteiger charge is 2.16. The topological polar surface area (TPSA) is 43.6 Å². The standard InChI is InChI=1S/C12H10N2O2S2/c1-16-10-2-4-17-11(10)9(15)6-8-7-14-3-5-18-12(14)13-8/h2-5,7H,6H2,1H3. The number of fused-ring (bicyclic) bond motifs is 1. The molecule has 0 amide bonds. The summed E-state index contributed by atoms with van der Waals surface area (Å²) in [5.41, 5.74) is 0.794. The number of ketones is 1. The molecule has 0 fully saturated rings. The van der Waals surface area contributed by atoms with Gasteiger partial charge in [0.2, 0.25) is 0 Å². The predicted molar refractivity (Wildman–Crippen MR) is 72.0 cm³/mol. The van der Waals surface area contributed by atoms with E-state index in [0.29, 0.717) is 17.0 Å². The summed E-state index contributed by atoms with van der Waals surface area (Å²) in [7, 11) is 1.57. The van der Waals surface area contributed by atoms with Gasteiger partial charge in [0.25, 0.3) is 0 Å². The van der Waals surface area contributed by atoms with Gasteiger partial charge in [-0.2, -0.15) is 0 Å².